The van der Waals surface area contributed by atoms with Crippen molar-refractivity contribution < 1.29 is 0 Å². The second-order valence-corrected chi connectivity index (χ2v) is 1.93. The largest absolute Gasteiger partial charge is 0.326 e. The van der Waals surface area contributed by atoms with Crippen molar-refractivity contribution in [1.29, 1.82) is 0 Å². The number of aryl methyl sites for hydroxylation is 2. The number of aromatic nitrogens is 2. The summed E-state index contributed by atoms with van der Waals surface area (Å²) in [7, 11) is 3.65. The van der Waals surface area contributed by atoms with Crippen LogP contribution in [0.3, 0.4) is 0 Å². The summed E-state index contributed by atoms with van der Waals surface area (Å²) in [5.74, 6) is 0. The third-order valence-electron chi connectivity index (χ3n) is 1.10. The highest BCUT2D eigenvalue weighted by molar-refractivity contribution is 6.06. The molecule has 0 N–H and O–H groups in total. The van der Waals surface area contributed by atoms with Crippen molar-refractivity contribution in [2.24, 2.45) is 0 Å². The molecule has 0 fully saturated rings. The summed E-state index contributed by atoms with van der Waals surface area (Å²) >= 11 is 0. The zero-order valence-corrected chi connectivity index (χ0v) is 5.18. The Morgan fingerprint density at radius 2 is 2.25 bits per heavy atom. The molecule has 1 aromatic rings. The van der Waals surface area contributed by atoms with E-state index < -0.39 is 0 Å². The predicted molar refractivity (Wildman–Crippen MR) is 34.2 cm³/mol. The second kappa shape index (κ2) is 1.65. The quantitative estimate of drug-likeness (QED) is 0.432. The average Bonchev–Trinajstić information content (AvgIpc) is 1.85. The van der Waals surface area contributed by atoms with Gasteiger partial charge in [0.2, 0.25) is 0 Å². The summed E-state index contributed by atoms with van der Waals surface area (Å²) in [6.45, 7) is 3.93. The van der Waals surface area contributed by atoms with E-state index in [1.807, 2.05) is 19.9 Å². The topological polar surface area (TPSA) is 17.8 Å². The molecule has 0 aliphatic heterocycles. The Labute approximate surface area is 49.9 Å². The van der Waals surface area contributed by atoms with Crippen molar-refractivity contribution in [2.75, 3.05) is 0 Å². The highest BCUT2D eigenvalue weighted by Gasteiger charge is 1.91. The highest BCUT2D eigenvalue weighted by Crippen LogP contribution is 1.96. The fourth-order valence-electron chi connectivity index (χ4n) is 0.675. The first kappa shape index (κ1) is 5.41. The molecule has 0 unspecified atom stereocenters. The van der Waals surface area contributed by atoms with E-state index in [0.29, 0.717) is 0 Å². The lowest BCUT2D eigenvalue weighted by atomic mass is 10.3. The minimum atomic E-state index is 1.03. The molecule has 1 radical (unpaired) electrons. The summed E-state index contributed by atoms with van der Waals surface area (Å²) in [6.07, 6.45) is 0. The Hall–Kier alpha value is -0.725. The van der Waals surface area contributed by atoms with E-state index in [4.69, 9.17) is 0 Å². The van der Waals surface area contributed by atoms with Gasteiger partial charge in [0, 0.05) is 5.69 Å². The molecule has 1 heterocycles. The summed E-state index contributed by atoms with van der Waals surface area (Å²) in [5, 5.41) is 4.02. The number of hydrogen-bond donors (Lipinski definition) is 0. The van der Waals surface area contributed by atoms with E-state index in [1.54, 1.807) is 4.59 Å². The maximum atomic E-state index is 4.02. The van der Waals surface area contributed by atoms with Crippen LogP contribution in [0.25, 0.3) is 0 Å². The molecule has 0 spiro atoms. The Bertz CT molecular complexity index is 173. The van der Waals surface area contributed by atoms with Crippen LogP contribution in [0.1, 0.15) is 11.4 Å². The zero-order chi connectivity index (χ0) is 6.15. The highest BCUT2D eigenvalue weighted by atomic mass is 15.2. The molecule has 3 heteroatoms. The molecule has 2 nitrogen and oxygen atoms in total. The lowest BCUT2D eigenvalue weighted by molar-refractivity contribution is 0.930. The van der Waals surface area contributed by atoms with Crippen LogP contribution in [0.5, 0.6) is 0 Å². The van der Waals surface area contributed by atoms with Gasteiger partial charge in [-0.2, -0.15) is 5.10 Å². The second-order valence-electron chi connectivity index (χ2n) is 1.93. The van der Waals surface area contributed by atoms with Crippen LogP contribution in [-0.4, -0.2) is 17.7 Å². The molecular formula is C5H8BN2. The minimum Gasteiger partial charge on any atom is -0.326 e. The summed E-state index contributed by atoms with van der Waals surface area (Å²) in [4.78, 5) is 0. The summed E-state index contributed by atoms with van der Waals surface area (Å²) in [6, 6.07) is 1.99. The maximum Gasteiger partial charge on any atom is 0.258 e. The predicted octanol–water partition coefficient (Wildman–Crippen LogP) is 0.164. The van der Waals surface area contributed by atoms with Gasteiger partial charge in [-0.3, -0.25) is 0 Å². The van der Waals surface area contributed by atoms with Crippen molar-refractivity contribution in [1.82, 2.24) is 9.69 Å². The monoisotopic (exact) mass is 107 g/mol. The van der Waals surface area contributed by atoms with Crippen LogP contribution >= 0.6 is 0 Å². The van der Waals surface area contributed by atoms with Gasteiger partial charge >= 0.3 is 0 Å². The first-order valence-electron chi connectivity index (χ1n) is 2.54. The van der Waals surface area contributed by atoms with Crippen LogP contribution in [0.4, 0.5) is 0 Å². The van der Waals surface area contributed by atoms with E-state index in [2.05, 4.69) is 13.1 Å². The Balaban J connectivity index is 3.14. The SMILES string of the molecule is [BH]n1nc(C)cc1C. The average molecular weight is 107 g/mol. The van der Waals surface area contributed by atoms with E-state index in [0.717, 1.165) is 11.4 Å². The third-order valence-corrected chi connectivity index (χ3v) is 1.10. The van der Waals surface area contributed by atoms with Crippen molar-refractivity contribution >= 4 is 7.98 Å². The molecule has 0 amide bonds. The van der Waals surface area contributed by atoms with Crippen LogP contribution < -0.4 is 0 Å². The lowest BCUT2D eigenvalue weighted by Gasteiger charge is -1.88. The van der Waals surface area contributed by atoms with Crippen molar-refractivity contribution in [3.05, 3.63) is 17.5 Å². The molecule has 8 heavy (non-hydrogen) atoms. The molecule has 0 atom stereocenters. The van der Waals surface area contributed by atoms with Crippen molar-refractivity contribution in [3.8, 4) is 0 Å². The zero-order valence-electron chi connectivity index (χ0n) is 5.18. The Kier molecular flexibility index (Phi) is 1.12. The smallest absolute Gasteiger partial charge is 0.258 e. The normalized spacial score (nSPS) is 9.75. The Morgan fingerprint density at radius 1 is 1.62 bits per heavy atom. The van der Waals surface area contributed by atoms with Crippen molar-refractivity contribution in [2.45, 2.75) is 13.8 Å². The van der Waals surface area contributed by atoms with Gasteiger partial charge in [-0.15, -0.1) is 0 Å². The minimum absolute atomic E-state index is 1.03. The first-order valence-corrected chi connectivity index (χ1v) is 2.54. The lowest BCUT2D eigenvalue weighted by Crippen LogP contribution is -1.95. The van der Waals surface area contributed by atoms with E-state index in [9.17, 15) is 0 Å². The number of rotatable bonds is 0. The van der Waals surface area contributed by atoms with E-state index in [-0.39, 0.29) is 0 Å². The molecule has 0 aliphatic carbocycles. The molecular weight excluding hydrogens is 98.9 g/mol. The fraction of sp³-hybridized carbons (Fsp3) is 0.400. The van der Waals surface area contributed by atoms with E-state index in [1.165, 1.54) is 0 Å². The van der Waals surface area contributed by atoms with Gasteiger partial charge < -0.3 is 4.59 Å². The van der Waals surface area contributed by atoms with Crippen molar-refractivity contribution in [3.63, 3.8) is 0 Å². The molecule has 0 saturated carbocycles. The van der Waals surface area contributed by atoms with Gasteiger partial charge in [-0.25, -0.2) is 0 Å². The summed E-state index contributed by atoms with van der Waals surface area (Å²) < 4.78 is 1.62. The van der Waals surface area contributed by atoms with Crippen LogP contribution in [-0.2, 0) is 0 Å². The first-order chi connectivity index (χ1) is 3.70. The Morgan fingerprint density at radius 3 is 2.38 bits per heavy atom. The summed E-state index contributed by atoms with van der Waals surface area (Å²) in [5.41, 5.74) is 2.13. The molecule has 0 saturated heterocycles. The van der Waals surface area contributed by atoms with Gasteiger partial charge in [0.05, 0.1) is 5.69 Å². The van der Waals surface area contributed by atoms with E-state index >= 15 is 0 Å². The van der Waals surface area contributed by atoms with Gasteiger partial charge in [0.1, 0.15) is 0 Å². The number of nitrogens with zero attached hydrogens (tertiary/aromatic N) is 2. The van der Waals surface area contributed by atoms with Crippen LogP contribution in [0.15, 0.2) is 6.07 Å². The van der Waals surface area contributed by atoms with Gasteiger partial charge in [0.25, 0.3) is 7.98 Å². The molecule has 1 rings (SSSR count). The molecule has 0 aliphatic rings. The molecule has 41 valence electrons. The third kappa shape index (κ3) is 0.758. The molecule has 0 bridgehead atoms. The van der Waals surface area contributed by atoms with Gasteiger partial charge in [0.15, 0.2) is 0 Å². The van der Waals surface area contributed by atoms with Crippen LogP contribution in [0.2, 0.25) is 0 Å². The molecule has 0 aromatic carbocycles. The van der Waals surface area contributed by atoms with Crippen LogP contribution in [0, 0.1) is 13.8 Å². The molecule has 1 aromatic heterocycles. The number of hydrogen-bond acceptors (Lipinski definition) is 1. The van der Waals surface area contributed by atoms with Gasteiger partial charge in [-0.1, -0.05) is 0 Å². The maximum absolute atomic E-state index is 4.02. The fourth-order valence-corrected chi connectivity index (χ4v) is 0.675. The van der Waals surface area contributed by atoms with Gasteiger partial charge in [-0.05, 0) is 19.9 Å². The standard InChI is InChI=1S/C5H8BN2/c1-4-3-5(2)8(6)7-4/h3,6H,1-2H3.